The van der Waals surface area contributed by atoms with Gasteiger partial charge >= 0.3 is 5.97 Å². The first kappa shape index (κ1) is 35.1. The predicted molar refractivity (Wildman–Crippen MR) is 174 cm³/mol. The van der Waals surface area contributed by atoms with Gasteiger partial charge in [0.25, 0.3) is 0 Å². The van der Waals surface area contributed by atoms with Crippen LogP contribution in [0.25, 0.3) is 0 Å². The van der Waals surface area contributed by atoms with Crippen LogP contribution in [0.1, 0.15) is 127 Å². The Morgan fingerprint density at radius 2 is 1.57 bits per heavy atom. The Labute approximate surface area is 277 Å². The van der Waals surface area contributed by atoms with Crippen LogP contribution in [0.2, 0.25) is 0 Å². The number of esters is 1. The molecule has 0 amide bonds. The summed E-state index contributed by atoms with van der Waals surface area (Å²) in [6.07, 6.45) is 5.79. The molecule has 1 aliphatic heterocycles. The third-order valence-electron chi connectivity index (χ3n) is 16.0. The molecule has 1 heterocycles. The smallest absolute Gasteiger partial charge is 0.303 e. The second-order valence-electron chi connectivity index (χ2n) is 18.5. The van der Waals surface area contributed by atoms with Crippen LogP contribution in [0.4, 0.5) is 0 Å². The van der Waals surface area contributed by atoms with Gasteiger partial charge in [-0.25, -0.2) is 0 Å². The van der Waals surface area contributed by atoms with Gasteiger partial charge in [-0.2, -0.15) is 0 Å². The van der Waals surface area contributed by atoms with Gasteiger partial charge in [-0.3, -0.25) is 4.79 Å². The Morgan fingerprint density at radius 3 is 2.22 bits per heavy atom. The largest absolute Gasteiger partial charge is 0.460 e. The van der Waals surface area contributed by atoms with Gasteiger partial charge in [-0.1, -0.05) is 41.5 Å². The first-order valence-corrected chi connectivity index (χ1v) is 18.5. The zero-order valence-electron chi connectivity index (χ0n) is 30.1. The SMILES string of the molecule is CC(=O)OC(CCC(C)C1C(O)CC2(C)C3CCC4C(C)(C)C(OC5OCCC(O)C5O)CCC45C(C)C35CCC12C)C(C)(C)O. The van der Waals surface area contributed by atoms with E-state index in [0.717, 1.165) is 38.5 Å². The van der Waals surface area contributed by atoms with E-state index in [-0.39, 0.29) is 57.1 Å². The van der Waals surface area contributed by atoms with Gasteiger partial charge in [0.2, 0.25) is 0 Å². The normalized spacial score (nSPS) is 50.8. The van der Waals surface area contributed by atoms with Crippen LogP contribution in [0.15, 0.2) is 0 Å². The lowest BCUT2D eigenvalue weighted by Gasteiger charge is -2.63. The maximum atomic E-state index is 11.9. The minimum atomic E-state index is -1.12. The van der Waals surface area contributed by atoms with Gasteiger partial charge in [0.1, 0.15) is 12.2 Å². The number of fused-ring (bicyclic) bond motifs is 2. The number of rotatable bonds is 8. The molecule has 6 aliphatic rings. The molecule has 264 valence electrons. The van der Waals surface area contributed by atoms with Gasteiger partial charge in [0.05, 0.1) is 30.5 Å². The maximum absolute atomic E-state index is 11.9. The summed E-state index contributed by atoms with van der Waals surface area (Å²) in [7, 11) is 0. The Balaban J connectivity index is 1.21. The van der Waals surface area contributed by atoms with Crippen molar-refractivity contribution in [2.45, 2.75) is 169 Å². The summed E-state index contributed by atoms with van der Waals surface area (Å²) >= 11 is 0. The van der Waals surface area contributed by atoms with Gasteiger partial charge in [0, 0.05) is 6.92 Å². The van der Waals surface area contributed by atoms with Gasteiger partial charge in [0.15, 0.2) is 6.29 Å². The summed E-state index contributed by atoms with van der Waals surface area (Å²) in [5.74, 6) is 1.74. The first-order valence-electron chi connectivity index (χ1n) is 18.5. The van der Waals surface area contributed by atoms with Crippen LogP contribution in [0, 0.1) is 56.7 Å². The molecule has 2 spiro atoms. The van der Waals surface area contributed by atoms with Gasteiger partial charge in [-0.05, 0) is 135 Å². The minimum Gasteiger partial charge on any atom is -0.460 e. The molecule has 6 rings (SSSR count). The molecule has 6 fully saturated rings. The third kappa shape index (κ3) is 4.76. The van der Waals surface area contributed by atoms with E-state index >= 15 is 0 Å². The van der Waals surface area contributed by atoms with E-state index in [1.165, 1.54) is 19.8 Å². The van der Waals surface area contributed by atoms with Crippen molar-refractivity contribution in [3.63, 3.8) is 0 Å². The zero-order valence-corrected chi connectivity index (χ0v) is 30.1. The molecule has 8 nitrogen and oxygen atoms in total. The molecule has 46 heavy (non-hydrogen) atoms. The lowest BCUT2D eigenvalue weighted by molar-refractivity contribution is -0.285. The number of carbonyl (C=O) groups excluding carboxylic acids is 1. The highest BCUT2D eigenvalue weighted by molar-refractivity contribution is 5.66. The topological polar surface area (TPSA) is 126 Å². The quantitative estimate of drug-likeness (QED) is 0.198. The van der Waals surface area contributed by atoms with Crippen molar-refractivity contribution in [2.75, 3.05) is 6.61 Å². The third-order valence-corrected chi connectivity index (χ3v) is 16.0. The second-order valence-corrected chi connectivity index (χ2v) is 18.5. The van der Waals surface area contributed by atoms with E-state index in [1.807, 2.05) is 0 Å². The average Bonchev–Trinajstić information content (AvgIpc) is 3.39. The van der Waals surface area contributed by atoms with Crippen LogP contribution in [0.3, 0.4) is 0 Å². The van der Waals surface area contributed by atoms with Crippen LogP contribution in [-0.2, 0) is 19.0 Å². The van der Waals surface area contributed by atoms with Crippen molar-refractivity contribution in [3.8, 4) is 0 Å². The van der Waals surface area contributed by atoms with E-state index in [1.54, 1.807) is 13.8 Å². The second kappa shape index (κ2) is 11.4. The average molecular weight is 649 g/mol. The van der Waals surface area contributed by atoms with Crippen LogP contribution in [-0.4, -0.2) is 75.4 Å². The highest BCUT2D eigenvalue weighted by Crippen LogP contribution is 2.91. The lowest BCUT2D eigenvalue weighted by Crippen LogP contribution is -2.59. The molecule has 5 aliphatic carbocycles. The molecule has 5 saturated carbocycles. The van der Waals surface area contributed by atoms with E-state index in [0.29, 0.717) is 37.2 Å². The number of ether oxygens (including phenoxy) is 3. The Hall–Kier alpha value is -0.770. The monoisotopic (exact) mass is 648 g/mol. The molecule has 0 bridgehead atoms. The standard InChI is InChI=1S/C38H64O8/c1-21(10-13-29(34(6,7)43)45-23(3)39)30-25(41)20-36(9)27-12-11-26-33(4,5)28(46-32-31(42)24(40)15-19-44-32)14-16-37(26)22(2)38(27,37)18-17-35(30,36)8/h21-22,24-32,40-43H,10-20H2,1-9H3. The molecule has 0 aromatic heterocycles. The summed E-state index contributed by atoms with van der Waals surface area (Å²) < 4.78 is 17.9. The zero-order chi connectivity index (χ0) is 33.8. The van der Waals surface area contributed by atoms with Crippen molar-refractivity contribution in [1.82, 2.24) is 0 Å². The maximum Gasteiger partial charge on any atom is 0.303 e. The molecule has 4 N–H and O–H groups in total. The summed E-state index contributed by atoms with van der Waals surface area (Å²) in [6.45, 7) is 19.7. The van der Waals surface area contributed by atoms with E-state index in [2.05, 4.69) is 41.5 Å². The van der Waals surface area contributed by atoms with Gasteiger partial charge in [-0.15, -0.1) is 0 Å². The highest BCUT2D eigenvalue weighted by Gasteiger charge is 2.86. The number of aliphatic hydroxyl groups is 4. The fraction of sp³-hybridized carbons (Fsp3) is 0.974. The number of hydrogen-bond donors (Lipinski definition) is 4. The van der Waals surface area contributed by atoms with E-state index in [9.17, 15) is 25.2 Å². The Kier molecular flexibility index (Phi) is 8.68. The van der Waals surface area contributed by atoms with E-state index < -0.39 is 30.2 Å². The molecular weight excluding hydrogens is 584 g/mol. The summed E-state index contributed by atoms with van der Waals surface area (Å²) in [5, 5.41) is 43.5. The number of hydrogen-bond acceptors (Lipinski definition) is 8. The first-order chi connectivity index (χ1) is 21.3. The summed E-state index contributed by atoms with van der Waals surface area (Å²) in [5.41, 5.74) is -0.608. The van der Waals surface area contributed by atoms with Crippen molar-refractivity contribution in [1.29, 1.82) is 0 Å². The minimum absolute atomic E-state index is 0.00880. The Morgan fingerprint density at radius 1 is 0.913 bits per heavy atom. The molecule has 0 aromatic carbocycles. The molecule has 1 saturated heterocycles. The fourth-order valence-electron chi connectivity index (χ4n) is 13.8. The van der Waals surface area contributed by atoms with Crippen molar-refractivity contribution in [3.05, 3.63) is 0 Å². The molecule has 0 radical (unpaired) electrons. The molecule has 0 aromatic rings. The molecular formula is C38H64O8. The summed E-state index contributed by atoms with van der Waals surface area (Å²) in [6, 6.07) is 0. The molecule has 15 unspecified atom stereocenters. The van der Waals surface area contributed by atoms with Gasteiger partial charge < -0.3 is 34.6 Å². The van der Waals surface area contributed by atoms with Crippen LogP contribution < -0.4 is 0 Å². The van der Waals surface area contributed by atoms with Crippen LogP contribution >= 0.6 is 0 Å². The predicted octanol–water partition coefficient (Wildman–Crippen LogP) is 5.61. The number of aliphatic hydroxyl groups excluding tert-OH is 3. The Bertz CT molecular complexity index is 1170. The van der Waals surface area contributed by atoms with Crippen molar-refractivity contribution >= 4 is 5.97 Å². The fourth-order valence-corrected chi connectivity index (χ4v) is 13.8. The lowest BCUT2D eigenvalue weighted by atomic mass is 9.41. The summed E-state index contributed by atoms with van der Waals surface area (Å²) in [4.78, 5) is 11.8. The molecule has 15 atom stereocenters. The number of carbonyl (C=O) groups is 1. The van der Waals surface area contributed by atoms with Crippen molar-refractivity contribution in [2.24, 2.45) is 56.7 Å². The van der Waals surface area contributed by atoms with E-state index in [4.69, 9.17) is 14.2 Å². The molecule has 8 heteroatoms. The van der Waals surface area contributed by atoms with Crippen molar-refractivity contribution < 1.29 is 39.4 Å². The highest BCUT2D eigenvalue weighted by atomic mass is 16.7. The van der Waals surface area contributed by atoms with Crippen LogP contribution in [0.5, 0.6) is 0 Å².